The molecule has 0 radical (unpaired) electrons. The van der Waals surface area contributed by atoms with Crippen molar-refractivity contribution in [1.82, 2.24) is 20.8 Å². The lowest BCUT2D eigenvalue weighted by molar-refractivity contribution is -0.147. The Bertz CT molecular complexity index is 688. The van der Waals surface area contributed by atoms with Crippen LogP contribution < -0.4 is 10.6 Å². The van der Waals surface area contributed by atoms with Gasteiger partial charge in [0, 0.05) is 17.8 Å². The molecule has 0 unspecified atom stereocenters. The van der Waals surface area contributed by atoms with E-state index in [1.807, 2.05) is 6.92 Å². The number of rotatable bonds is 7. The third-order valence-corrected chi connectivity index (χ3v) is 5.12. The molecule has 0 saturated heterocycles. The maximum absolute atomic E-state index is 12.2. The Morgan fingerprint density at radius 2 is 2.04 bits per heavy atom. The largest absolute Gasteiger partial charge is 0.467 e. The topological polar surface area (TPSA) is 122 Å². The molecule has 4 atom stereocenters. The quantitative estimate of drug-likeness (QED) is 0.582. The van der Waals surface area contributed by atoms with E-state index in [1.165, 1.54) is 7.11 Å². The van der Waals surface area contributed by atoms with Crippen LogP contribution in [0.3, 0.4) is 0 Å². The number of amides is 2. The van der Waals surface area contributed by atoms with Crippen molar-refractivity contribution in [2.24, 2.45) is 11.8 Å². The number of H-pyrrole nitrogens is 1. The van der Waals surface area contributed by atoms with Crippen LogP contribution in [0.5, 0.6) is 0 Å². The Balaban J connectivity index is 1.39. The molecular weight excluding hydrogens is 340 g/mol. The zero-order chi connectivity index (χ0) is 18.7. The second-order valence-electron chi connectivity index (χ2n) is 6.98. The fraction of sp³-hybridized carbons (Fsp3) is 0.647. The molecule has 9 nitrogen and oxygen atoms in total. The minimum Gasteiger partial charge on any atom is -0.467 e. The monoisotopic (exact) mass is 364 g/mol. The van der Waals surface area contributed by atoms with Crippen LogP contribution in [0.25, 0.3) is 0 Å². The number of hydrogen-bond acceptors (Lipinski definition) is 6. The van der Waals surface area contributed by atoms with E-state index in [-0.39, 0.29) is 37.1 Å². The van der Waals surface area contributed by atoms with Crippen molar-refractivity contribution >= 4 is 17.8 Å². The van der Waals surface area contributed by atoms with Crippen molar-refractivity contribution in [2.75, 3.05) is 20.3 Å². The van der Waals surface area contributed by atoms with Crippen LogP contribution in [0.1, 0.15) is 35.4 Å². The van der Waals surface area contributed by atoms with Gasteiger partial charge in [-0.1, -0.05) is 0 Å². The Morgan fingerprint density at radius 3 is 2.73 bits per heavy atom. The fourth-order valence-electron chi connectivity index (χ4n) is 3.84. The fourth-order valence-corrected chi connectivity index (χ4v) is 3.84. The van der Waals surface area contributed by atoms with Gasteiger partial charge in [0.2, 0.25) is 5.91 Å². The molecule has 2 aliphatic carbocycles. The maximum Gasteiger partial charge on any atom is 0.331 e. The molecule has 2 saturated carbocycles. The van der Waals surface area contributed by atoms with Crippen molar-refractivity contribution in [1.29, 1.82) is 0 Å². The molecule has 2 amide bonds. The van der Waals surface area contributed by atoms with Crippen LogP contribution in [-0.4, -0.2) is 60.4 Å². The van der Waals surface area contributed by atoms with Crippen LogP contribution in [0.15, 0.2) is 6.07 Å². The molecule has 0 aliphatic heterocycles. The van der Waals surface area contributed by atoms with E-state index in [0.29, 0.717) is 17.5 Å². The van der Waals surface area contributed by atoms with Gasteiger partial charge in [0.05, 0.1) is 7.11 Å². The predicted octanol–water partition coefficient (Wildman–Crippen LogP) is -0.0792. The van der Waals surface area contributed by atoms with Gasteiger partial charge in [-0.2, -0.15) is 5.10 Å². The van der Waals surface area contributed by atoms with Crippen LogP contribution in [0.2, 0.25) is 0 Å². The van der Waals surface area contributed by atoms with E-state index in [0.717, 1.165) is 25.0 Å². The minimum atomic E-state index is -0.511. The number of ether oxygens (including phenoxy) is 2. The molecule has 142 valence electrons. The molecule has 0 aromatic carbocycles. The zero-order valence-corrected chi connectivity index (χ0v) is 14.9. The van der Waals surface area contributed by atoms with Crippen LogP contribution >= 0.6 is 0 Å². The molecule has 0 spiro atoms. The second kappa shape index (κ2) is 7.86. The first kappa shape index (κ1) is 18.4. The highest BCUT2D eigenvalue weighted by Gasteiger charge is 2.48. The predicted molar refractivity (Wildman–Crippen MR) is 90.2 cm³/mol. The average Bonchev–Trinajstić information content (AvgIpc) is 3.17. The summed E-state index contributed by atoms with van der Waals surface area (Å²) in [6.07, 6.45) is 2.67. The first-order valence-corrected chi connectivity index (χ1v) is 8.73. The van der Waals surface area contributed by atoms with E-state index < -0.39 is 5.97 Å². The van der Waals surface area contributed by atoms with Crippen LogP contribution in [0.4, 0.5) is 0 Å². The van der Waals surface area contributed by atoms with E-state index in [9.17, 15) is 14.4 Å². The summed E-state index contributed by atoms with van der Waals surface area (Å²) in [5.74, 6) is -0.0365. The van der Waals surface area contributed by atoms with E-state index in [4.69, 9.17) is 4.74 Å². The number of hydrogen-bond donors (Lipinski definition) is 3. The third-order valence-electron chi connectivity index (χ3n) is 5.12. The highest BCUT2D eigenvalue weighted by Crippen LogP contribution is 2.47. The van der Waals surface area contributed by atoms with Crippen molar-refractivity contribution in [2.45, 2.75) is 38.3 Å². The number of carbonyl (C=O) groups excluding carboxylic acids is 3. The lowest BCUT2D eigenvalue weighted by atomic mass is 9.71. The number of esters is 1. The number of nitrogens with one attached hydrogen (secondary N) is 3. The maximum atomic E-state index is 12.2. The number of aromatic nitrogens is 2. The normalized spacial score (nSPS) is 26.5. The van der Waals surface area contributed by atoms with E-state index in [1.54, 1.807) is 6.07 Å². The molecule has 26 heavy (non-hydrogen) atoms. The summed E-state index contributed by atoms with van der Waals surface area (Å²) in [6.45, 7) is 1.45. The standard InChI is InChI=1S/C17H24N4O5/c1-9-3-14(21-20-9)17(24)18-11-4-10-5-13(12(10)6-11)19-15(22)7-26-8-16(23)25-2/h3,10-13H,4-8H2,1-2H3,(H,18,24)(H,19,22)(H,20,21)/t10-,11+,12-,13+/m0/s1. The van der Waals surface area contributed by atoms with Crippen molar-refractivity contribution < 1.29 is 23.9 Å². The second-order valence-corrected chi connectivity index (χ2v) is 6.98. The smallest absolute Gasteiger partial charge is 0.331 e. The number of carbonyl (C=O) groups is 3. The average molecular weight is 364 g/mol. The highest BCUT2D eigenvalue weighted by molar-refractivity contribution is 5.92. The molecule has 1 aromatic heterocycles. The number of fused-ring (bicyclic) bond motifs is 1. The molecule has 1 heterocycles. The number of methoxy groups -OCH3 is 1. The number of nitrogens with zero attached hydrogens (tertiary/aromatic N) is 1. The molecule has 3 N–H and O–H groups in total. The summed E-state index contributed by atoms with van der Waals surface area (Å²) in [6, 6.07) is 1.92. The van der Waals surface area contributed by atoms with Crippen LogP contribution in [0, 0.1) is 18.8 Å². The molecule has 0 bridgehead atoms. The number of aryl methyl sites for hydroxylation is 1. The van der Waals surface area contributed by atoms with E-state index >= 15 is 0 Å². The lowest BCUT2D eigenvalue weighted by Crippen LogP contribution is -2.51. The minimum absolute atomic E-state index is 0.101. The zero-order valence-electron chi connectivity index (χ0n) is 14.9. The Morgan fingerprint density at radius 1 is 1.23 bits per heavy atom. The SMILES string of the molecule is COC(=O)COCC(=O)N[C@@H]1C[C@@H]2C[C@@H](NC(=O)c3cc(C)[nH]n3)C[C@@H]21. The molecule has 2 fully saturated rings. The van der Waals surface area contributed by atoms with E-state index in [2.05, 4.69) is 25.6 Å². The van der Waals surface area contributed by atoms with Gasteiger partial charge in [-0.15, -0.1) is 0 Å². The summed E-state index contributed by atoms with van der Waals surface area (Å²) in [7, 11) is 1.27. The van der Waals surface area contributed by atoms with Crippen molar-refractivity contribution in [3.8, 4) is 0 Å². The lowest BCUT2D eigenvalue weighted by Gasteiger charge is -2.40. The van der Waals surface area contributed by atoms with Crippen molar-refractivity contribution in [3.63, 3.8) is 0 Å². The molecule has 1 aromatic rings. The van der Waals surface area contributed by atoms with Gasteiger partial charge in [-0.05, 0) is 44.1 Å². The summed E-state index contributed by atoms with van der Waals surface area (Å²) in [4.78, 5) is 35.0. The first-order chi connectivity index (χ1) is 12.5. The van der Waals surface area contributed by atoms with Gasteiger partial charge in [-0.25, -0.2) is 4.79 Å². The summed E-state index contributed by atoms with van der Waals surface area (Å²) < 4.78 is 9.44. The first-order valence-electron chi connectivity index (χ1n) is 8.73. The summed E-state index contributed by atoms with van der Waals surface area (Å²) >= 11 is 0. The number of aromatic amines is 1. The van der Waals surface area contributed by atoms with Gasteiger partial charge < -0.3 is 20.1 Å². The van der Waals surface area contributed by atoms with Gasteiger partial charge in [0.1, 0.15) is 18.9 Å². The molecule has 3 rings (SSSR count). The summed E-state index contributed by atoms with van der Waals surface area (Å²) in [5, 5.41) is 12.7. The van der Waals surface area contributed by atoms with Gasteiger partial charge in [0.15, 0.2) is 0 Å². The van der Waals surface area contributed by atoms with Gasteiger partial charge in [0.25, 0.3) is 5.91 Å². The third kappa shape index (κ3) is 4.21. The molecule has 2 aliphatic rings. The Kier molecular flexibility index (Phi) is 5.55. The molecule has 9 heteroatoms. The Labute approximate surface area is 151 Å². The highest BCUT2D eigenvalue weighted by atomic mass is 16.6. The van der Waals surface area contributed by atoms with Crippen LogP contribution in [-0.2, 0) is 19.1 Å². The van der Waals surface area contributed by atoms with Gasteiger partial charge in [-0.3, -0.25) is 14.7 Å². The van der Waals surface area contributed by atoms with Crippen molar-refractivity contribution in [3.05, 3.63) is 17.5 Å². The summed E-state index contributed by atoms with van der Waals surface area (Å²) in [5.41, 5.74) is 1.24. The van der Waals surface area contributed by atoms with Gasteiger partial charge >= 0.3 is 5.97 Å². The Hall–Kier alpha value is -2.42. The molecular formula is C17H24N4O5.